The van der Waals surface area contributed by atoms with Gasteiger partial charge in [-0.25, -0.2) is 0 Å². The van der Waals surface area contributed by atoms with Gasteiger partial charge in [0.1, 0.15) is 0 Å². The molecule has 0 radical (unpaired) electrons. The van der Waals surface area contributed by atoms with Gasteiger partial charge in [0, 0.05) is 28.9 Å². The topological polar surface area (TPSA) is 32.7 Å². The Balaban J connectivity index is 1.97. The fourth-order valence-corrected chi connectivity index (χ4v) is 4.17. The van der Waals surface area contributed by atoms with Crippen LogP contribution in [0, 0.1) is 0 Å². The smallest absolute Gasteiger partial charge is 0.0984 e. The van der Waals surface area contributed by atoms with Crippen molar-refractivity contribution in [2.75, 3.05) is 26.3 Å². The number of aliphatic hydroxyl groups is 1. The number of fused-ring (bicyclic) bond motifs is 1. The van der Waals surface area contributed by atoms with Gasteiger partial charge in [-0.3, -0.25) is 4.90 Å². The van der Waals surface area contributed by atoms with Crippen LogP contribution in [0.2, 0.25) is 0 Å². The van der Waals surface area contributed by atoms with Gasteiger partial charge in [0.05, 0.1) is 19.3 Å². The number of thiophene rings is 1. The summed E-state index contributed by atoms with van der Waals surface area (Å²) in [6, 6.07) is 8.34. The lowest BCUT2D eigenvalue weighted by Crippen LogP contribution is -2.54. The van der Waals surface area contributed by atoms with Crippen LogP contribution < -0.4 is 0 Å². The summed E-state index contributed by atoms with van der Waals surface area (Å²) in [7, 11) is 0. The molecule has 4 heteroatoms. The molecule has 3 rings (SSSR count). The molecule has 0 amide bonds. The standard InChI is InChI=1S/C17H23NO2S/c1-3-17(2,18-8-10-20-11-9-18)16(19)14-6-4-5-13-7-12-21-15(13)14/h4-7,12,16,19H,3,8-11H2,1-2H3. The van der Waals surface area contributed by atoms with Crippen molar-refractivity contribution in [1.82, 2.24) is 4.90 Å². The van der Waals surface area contributed by atoms with E-state index in [1.165, 1.54) is 10.1 Å². The monoisotopic (exact) mass is 305 g/mol. The lowest BCUT2D eigenvalue weighted by molar-refractivity contribution is -0.0729. The van der Waals surface area contributed by atoms with Crippen LogP contribution in [0.3, 0.4) is 0 Å². The maximum absolute atomic E-state index is 11.1. The molecule has 1 aromatic carbocycles. The average molecular weight is 305 g/mol. The molecule has 1 aliphatic rings. The Labute approximate surface area is 130 Å². The molecule has 1 saturated heterocycles. The average Bonchev–Trinajstić information content (AvgIpc) is 3.02. The van der Waals surface area contributed by atoms with Crippen LogP contribution in [0.15, 0.2) is 29.6 Å². The number of aliphatic hydroxyl groups excluding tert-OH is 1. The maximum Gasteiger partial charge on any atom is 0.0984 e. The molecule has 1 fully saturated rings. The molecule has 21 heavy (non-hydrogen) atoms. The summed E-state index contributed by atoms with van der Waals surface area (Å²) in [4.78, 5) is 2.38. The molecule has 3 nitrogen and oxygen atoms in total. The Hall–Kier alpha value is -0.940. The Bertz CT molecular complexity index is 606. The first-order chi connectivity index (χ1) is 10.2. The number of hydrogen-bond acceptors (Lipinski definition) is 4. The van der Waals surface area contributed by atoms with E-state index in [1.54, 1.807) is 11.3 Å². The van der Waals surface area contributed by atoms with Crippen molar-refractivity contribution in [2.45, 2.75) is 31.9 Å². The minimum Gasteiger partial charge on any atom is -0.386 e. The van der Waals surface area contributed by atoms with Gasteiger partial charge < -0.3 is 9.84 Å². The third-order valence-corrected chi connectivity index (χ3v) is 5.82. The van der Waals surface area contributed by atoms with E-state index < -0.39 is 6.10 Å². The van der Waals surface area contributed by atoms with Crippen LogP contribution in [0.25, 0.3) is 10.1 Å². The lowest BCUT2D eigenvalue weighted by atomic mass is 9.84. The second-order valence-electron chi connectivity index (χ2n) is 5.90. The van der Waals surface area contributed by atoms with Crippen molar-refractivity contribution >= 4 is 21.4 Å². The van der Waals surface area contributed by atoms with E-state index in [1.807, 2.05) is 6.07 Å². The number of ether oxygens (including phenoxy) is 1. The highest BCUT2D eigenvalue weighted by Crippen LogP contribution is 2.39. The first-order valence-corrected chi connectivity index (χ1v) is 8.52. The van der Waals surface area contributed by atoms with Gasteiger partial charge in [0.25, 0.3) is 0 Å². The van der Waals surface area contributed by atoms with Crippen LogP contribution >= 0.6 is 11.3 Å². The zero-order chi connectivity index (χ0) is 14.9. The fraction of sp³-hybridized carbons (Fsp3) is 0.529. The summed E-state index contributed by atoms with van der Waals surface area (Å²) in [5, 5.41) is 14.4. The second-order valence-corrected chi connectivity index (χ2v) is 6.81. The zero-order valence-corrected chi connectivity index (χ0v) is 13.5. The van der Waals surface area contributed by atoms with E-state index in [0.29, 0.717) is 0 Å². The summed E-state index contributed by atoms with van der Waals surface area (Å²) >= 11 is 1.71. The summed E-state index contributed by atoms with van der Waals surface area (Å²) in [5.74, 6) is 0. The van der Waals surface area contributed by atoms with E-state index in [4.69, 9.17) is 4.74 Å². The van der Waals surface area contributed by atoms with E-state index in [-0.39, 0.29) is 5.54 Å². The zero-order valence-electron chi connectivity index (χ0n) is 12.7. The van der Waals surface area contributed by atoms with Gasteiger partial charge in [0.15, 0.2) is 0 Å². The van der Waals surface area contributed by atoms with Crippen LogP contribution in [0.5, 0.6) is 0 Å². The van der Waals surface area contributed by atoms with E-state index >= 15 is 0 Å². The number of morpholine rings is 1. The van der Waals surface area contributed by atoms with Gasteiger partial charge >= 0.3 is 0 Å². The largest absolute Gasteiger partial charge is 0.386 e. The van der Waals surface area contributed by atoms with Gasteiger partial charge in [-0.1, -0.05) is 25.1 Å². The first kappa shape index (κ1) is 15.0. The molecular formula is C17H23NO2S. The SMILES string of the molecule is CCC(C)(C(O)c1cccc2ccsc12)N1CCOCC1. The molecule has 1 N–H and O–H groups in total. The molecule has 1 aromatic heterocycles. The van der Waals surface area contributed by atoms with Crippen LogP contribution in [-0.4, -0.2) is 41.8 Å². The van der Waals surface area contributed by atoms with Gasteiger partial charge in [0.2, 0.25) is 0 Å². The summed E-state index contributed by atoms with van der Waals surface area (Å²) in [6.45, 7) is 7.63. The minimum atomic E-state index is -0.483. The number of nitrogens with zero attached hydrogens (tertiary/aromatic N) is 1. The third-order valence-electron chi connectivity index (χ3n) is 4.84. The van der Waals surface area contributed by atoms with E-state index in [0.717, 1.165) is 38.3 Å². The summed E-state index contributed by atoms with van der Waals surface area (Å²) < 4.78 is 6.67. The molecule has 2 heterocycles. The first-order valence-electron chi connectivity index (χ1n) is 7.64. The van der Waals surface area contributed by atoms with Crippen molar-refractivity contribution in [1.29, 1.82) is 0 Å². The van der Waals surface area contributed by atoms with Gasteiger partial charge in [-0.15, -0.1) is 11.3 Å². The summed E-state index contributed by atoms with van der Waals surface area (Å²) in [6.07, 6.45) is 0.429. The molecule has 0 bridgehead atoms. The third kappa shape index (κ3) is 2.61. The highest BCUT2D eigenvalue weighted by molar-refractivity contribution is 7.17. The molecule has 1 aliphatic heterocycles. The molecule has 2 unspecified atom stereocenters. The summed E-state index contributed by atoms with van der Waals surface area (Å²) in [5.41, 5.74) is 0.806. The number of benzene rings is 1. The van der Waals surface area contributed by atoms with Crippen LogP contribution in [-0.2, 0) is 4.74 Å². The molecule has 114 valence electrons. The van der Waals surface area contributed by atoms with Gasteiger partial charge in [-0.05, 0) is 30.2 Å². The molecule has 2 atom stereocenters. The van der Waals surface area contributed by atoms with Crippen LogP contribution in [0.1, 0.15) is 31.9 Å². The molecule has 0 saturated carbocycles. The Morgan fingerprint density at radius 3 is 2.81 bits per heavy atom. The van der Waals surface area contributed by atoms with Crippen molar-refractivity contribution in [2.24, 2.45) is 0 Å². The predicted molar refractivity (Wildman–Crippen MR) is 87.9 cm³/mol. The number of rotatable bonds is 4. The van der Waals surface area contributed by atoms with Crippen molar-refractivity contribution < 1.29 is 9.84 Å². The van der Waals surface area contributed by atoms with Gasteiger partial charge in [-0.2, -0.15) is 0 Å². The minimum absolute atomic E-state index is 0.248. The Morgan fingerprint density at radius 1 is 1.33 bits per heavy atom. The Kier molecular flexibility index (Phi) is 4.31. The van der Waals surface area contributed by atoms with Crippen molar-refractivity contribution in [3.05, 3.63) is 35.2 Å². The lowest BCUT2D eigenvalue weighted by Gasteiger charge is -2.46. The molecule has 0 aliphatic carbocycles. The normalized spacial score (nSPS) is 21.3. The predicted octanol–water partition coefficient (Wildman–Crippen LogP) is 3.44. The maximum atomic E-state index is 11.1. The van der Waals surface area contributed by atoms with E-state index in [9.17, 15) is 5.11 Å². The van der Waals surface area contributed by atoms with Crippen molar-refractivity contribution in [3.63, 3.8) is 0 Å². The highest BCUT2D eigenvalue weighted by Gasteiger charge is 2.39. The number of hydrogen-bond donors (Lipinski definition) is 1. The Morgan fingerprint density at radius 2 is 2.10 bits per heavy atom. The quantitative estimate of drug-likeness (QED) is 0.939. The fourth-order valence-electron chi connectivity index (χ4n) is 3.23. The van der Waals surface area contributed by atoms with E-state index in [2.05, 4.69) is 42.3 Å². The van der Waals surface area contributed by atoms with Crippen LogP contribution in [0.4, 0.5) is 0 Å². The molecular weight excluding hydrogens is 282 g/mol. The second kappa shape index (κ2) is 6.05. The van der Waals surface area contributed by atoms with Crippen molar-refractivity contribution in [3.8, 4) is 0 Å². The molecule has 0 spiro atoms. The molecule has 2 aromatic rings. The highest BCUT2D eigenvalue weighted by atomic mass is 32.1.